The van der Waals surface area contributed by atoms with Crippen LogP contribution in [0.2, 0.25) is 0 Å². The molecule has 1 atom stereocenters. The van der Waals surface area contributed by atoms with Gasteiger partial charge in [0.2, 0.25) is 16.9 Å². The number of aromatic amines is 1. The largest absolute Gasteiger partial charge is 0.419 e. The topological polar surface area (TPSA) is 80.5 Å². The van der Waals surface area contributed by atoms with Crippen molar-refractivity contribution in [2.45, 2.75) is 30.7 Å². The second-order valence-corrected chi connectivity index (χ2v) is 7.40. The predicted molar refractivity (Wildman–Crippen MR) is 105 cm³/mol. The lowest BCUT2D eigenvalue weighted by Crippen LogP contribution is -1.89. The van der Waals surface area contributed by atoms with E-state index in [9.17, 15) is 0 Å². The number of benzene rings is 2. The highest BCUT2D eigenvalue weighted by Gasteiger charge is 2.18. The lowest BCUT2D eigenvalue weighted by molar-refractivity contribution is 0.509. The second-order valence-electron chi connectivity index (χ2n) is 6.09. The molecule has 136 valence electrons. The normalized spacial score (nSPS) is 12.2. The maximum Gasteiger partial charge on any atom is 0.247 e. The van der Waals surface area contributed by atoms with Gasteiger partial charge in [-0.3, -0.25) is 5.10 Å². The summed E-state index contributed by atoms with van der Waals surface area (Å²) in [5, 5.41) is 16.2. The Bertz CT molecular complexity index is 1010. The third-order valence-corrected chi connectivity index (χ3v) is 5.14. The molecular formula is C20H19N5OS. The van der Waals surface area contributed by atoms with Gasteiger partial charge in [-0.15, -0.1) is 15.3 Å². The van der Waals surface area contributed by atoms with E-state index in [-0.39, 0.29) is 5.25 Å². The lowest BCUT2D eigenvalue weighted by Gasteiger charge is -2.02. The first kappa shape index (κ1) is 17.5. The monoisotopic (exact) mass is 377 g/mol. The summed E-state index contributed by atoms with van der Waals surface area (Å²) in [6, 6.07) is 18.1. The highest BCUT2D eigenvalue weighted by molar-refractivity contribution is 7.99. The van der Waals surface area contributed by atoms with E-state index in [1.165, 1.54) is 17.3 Å². The van der Waals surface area contributed by atoms with Crippen LogP contribution in [0.1, 0.15) is 30.6 Å². The van der Waals surface area contributed by atoms with E-state index in [2.05, 4.69) is 56.6 Å². The molecule has 4 aromatic rings. The molecule has 27 heavy (non-hydrogen) atoms. The van der Waals surface area contributed by atoms with Crippen LogP contribution in [0.5, 0.6) is 0 Å². The number of aryl methyl sites for hydroxylation is 1. The van der Waals surface area contributed by atoms with Crippen LogP contribution >= 0.6 is 11.8 Å². The summed E-state index contributed by atoms with van der Waals surface area (Å²) in [6.07, 6.45) is 1.02. The highest BCUT2D eigenvalue weighted by Crippen LogP contribution is 2.33. The molecule has 4 rings (SSSR count). The van der Waals surface area contributed by atoms with Crippen LogP contribution < -0.4 is 0 Å². The molecule has 0 saturated carbocycles. The first-order valence-electron chi connectivity index (χ1n) is 8.80. The molecule has 0 radical (unpaired) electrons. The van der Waals surface area contributed by atoms with Gasteiger partial charge in [-0.05, 0) is 31.0 Å². The first-order chi connectivity index (χ1) is 13.2. The van der Waals surface area contributed by atoms with Gasteiger partial charge in [-0.2, -0.15) is 0 Å². The van der Waals surface area contributed by atoms with Crippen molar-refractivity contribution in [3.8, 4) is 22.8 Å². The number of H-pyrrole nitrogens is 1. The molecule has 2 heterocycles. The van der Waals surface area contributed by atoms with Gasteiger partial charge in [-0.1, -0.05) is 61.2 Å². The van der Waals surface area contributed by atoms with Crippen LogP contribution in [0, 0.1) is 0 Å². The van der Waals surface area contributed by atoms with Crippen LogP contribution in [-0.2, 0) is 6.42 Å². The Kier molecular flexibility index (Phi) is 5.02. The number of hydrogen-bond donors (Lipinski definition) is 1. The number of rotatable bonds is 6. The van der Waals surface area contributed by atoms with E-state index in [1.807, 2.05) is 37.3 Å². The van der Waals surface area contributed by atoms with Crippen LogP contribution in [0.3, 0.4) is 0 Å². The summed E-state index contributed by atoms with van der Waals surface area (Å²) in [5.41, 5.74) is 3.22. The van der Waals surface area contributed by atoms with Crippen molar-refractivity contribution in [3.05, 3.63) is 66.1 Å². The summed E-state index contributed by atoms with van der Waals surface area (Å²) in [7, 11) is 0. The summed E-state index contributed by atoms with van der Waals surface area (Å²) >= 11 is 1.48. The summed E-state index contributed by atoms with van der Waals surface area (Å²) in [6.45, 7) is 4.14. The number of aromatic nitrogens is 5. The number of hydrogen-bond acceptors (Lipinski definition) is 6. The predicted octanol–water partition coefficient (Wildman–Crippen LogP) is 4.94. The van der Waals surface area contributed by atoms with Crippen LogP contribution in [0.4, 0.5) is 0 Å². The second kappa shape index (κ2) is 7.75. The zero-order valence-electron chi connectivity index (χ0n) is 15.1. The van der Waals surface area contributed by atoms with Crippen molar-refractivity contribution >= 4 is 11.8 Å². The van der Waals surface area contributed by atoms with Gasteiger partial charge in [0.05, 0.1) is 5.25 Å². The maximum atomic E-state index is 5.81. The van der Waals surface area contributed by atoms with Crippen molar-refractivity contribution < 1.29 is 4.42 Å². The fourth-order valence-electron chi connectivity index (χ4n) is 2.63. The van der Waals surface area contributed by atoms with E-state index in [0.717, 1.165) is 23.4 Å². The minimum Gasteiger partial charge on any atom is -0.419 e. The zero-order chi connectivity index (χ0) is 18.6. The molecule has 0 saturated heterocycles. The fraction of sp³-hybridized carbons (Fsp3) is 0.200. The highest BCUT2D eigenvalue weighted by atomic mass is 32.2. The molecular weight excluding hydrogens is 358 g/mol. The van der Waals surface area contributed by atoms with Crippen LogP contribution in [0.25, 0.3) is 22.8 Å². The Labute approximate surface area is 161 Å². The molecule has 0 fully saturated rings. The van der Waals surface area contributed by atoms with Gasteiger partial charge < -0.3 is 4.42 Å². The summed E-state index contributed by atoms with van der Waals surface area (Å²) in [5.74, 6) is 1.82. The molecule has 2 aromatic heterocycles. The molecule has 0 amide bonds. The van der Waals surface area contributed by atoms with E-state index < -0.39 is 0 Å². The van der Waals surface area contributed by atoms with Crippen LogP contribution in [-0.4, -0.2) is 25.4 Å². The van der Waals surface area contributed by atoms with Gasteiger partial charge in [-0.25, -0.2) is 4.98 Å². The van der Waals surface area contributed by atoms with Crippen molar-refractivity contribution in [1.82, 2.24) is 25.4 Å². The minimum absolute atomic E-state index is 0.0546. The van der Waals surface area contributed by atoms with E-state index >= 15 is 0 Å². The molecule has 1 N–H and O–H groups in total. The van der Waals surface area contributed by atoms with E-state index in [0.29, 0.717) is 16.9 Å². The van der Waals surface area contributed by atoms with Crippen LogP contribution in [0.15, 0.2) is 64.2 Å². The number of nitrogens with zero attached hydrogens (tertiary/aromatic N) is 4. The van der Waals surface area contributed by atoms with Gasteiger partial charge in [0.15, 0.2) is 5.82 Å². The molecule has 0 aliphatic rings. The molecule has 2 aromatic carbocycles. The van der Waals surface area contributed by atoms with Gasteiger partial charge in [0, 0.05) is 11.1 Å². The number of thioether (sulfide) groups is 1. The first-order valence-corrected chi connectivity index (χ1v) is 9.68. The van der Waals surface area contributed by atoms with Crippen molar-refractivity contribution in [2.75, 3.05) is 0 Å². The Morgan fingerprint density at radius 2 is 1.78 bits per heavy atom. The van der Waals surface area contributed by atoms with Gasteiger partial charge in [0.25, 0.3) is 0 Å². The molecule has 0 bridgehead atoms. The Morgan fingerprint density at radius 3 is 2.52 bits per heavy atom. The third-order valence-electron chi connectivity index (χ3n) is 4.19. The van der Waals surface area contributed by atoms with E-state index in [4.69, 9.17) is 4.42 Å². The molecule has 7 heteroatoms. The summed E-state index contributed by atoms with van der Waals surface area (Å²) in [4.78, 5) is 4.57. The Morgan fingerprint density at radius 1 is 1.00 bits per heavy atom. The Hall–Kier alpha value is -2.93. The smallest absolute Gasteiger partial charge is 0.247 e. The van der Waals surface area contributed by atoms with Gasteiger partial charge >= 0.3 is 0 Å². The SMILES string of the molecule is CCc1ccc(-c2nc(SC(C)c3nnc(-c4ccccc4)o3)n[nH]2)cc1. The summed E-state index contributed by atoms with van der Waals surface area (Å²) < 4.78 is 5.81. The van der Waals surface area contributed by atoms with Crippen molar-refractivity contribution in [3.63, 3.8) is 0 Å². The minimum atomic E-state index is -0.0546. The molecule has 0 spiro atoms. The van der Waals surface area contributed by atoms with Crippen molar-refractivity contribution in [2.24, 2.45) is 0 Å². The fourth-order valence-corrected chi connectivity index (χ4v) is 3.39. The maximum absolute atomic E-state index is 5.81. The molecule has 0 aliphatic carbocycles. The Balaban J connectivity index is 1.46. The molecule has 1 unspecified atom stereocenters. The van der Waals surface area contributed by atoms with Gasteiger partial charge in [0.1, 0.15) is 0 Å². The quantitative estimate of drug-likeness (QED) is 0.480. The van der Waals surface area contributed by atoms with Crippen molar-refractivity contribution in [1.29, 1.82) is 0 Å². The third kappa shape index (κ3) is 3.93. The number of nitrogens with one attached hydrogen (secondary N) is 1. The molecule has 6 nitrogen and oxygen atoms in total. The average molecular weight is 377 g/mol. The standard InChI is InChI=1S/C20H19N5OS/c1-3-14-9-11-15(12-10-14)17-21-20(25-22-17)27-13(2)18-23-24-19(26-18)16-7-5-4-6-8-16/h4-13H,3H2,1-2H3,(H,21,22,25). The van der Waals surface area contributed by atoms with E-state index in [1.54, 1.807) is 0 Å². The lowest BCUT2D eigenvalue weighted by atomic mass is 10.1. The average Bonchev–Trinajstić information content (AvgIpc) is 3.39. The molecule has 0 aliphatic heterocycles. The zero-order valence-corrected chi connectivity index (χ0v) is 15.9.